The van der Waals surface area contributed by atoms with Crippen LogP contribution in [0.2, 0.25) is 10.0 Å². The highest BCUT2D eigenvalue weighted by molar-refractivity contribution is 6.43. The number of nitrogens with zero attached hydrogens (tertiary/aromatic N) is 1. The molecule has 0 saturated heterocycles. The van der Waals surface area contributed by atoms with Gasteiger partial charge in [-0.2, -0.15) is 0 Å². The molecule has 0 atom stereocenters. The molecule has 0 aliphatic heterocycles. The maximum absolute atomic E-state index is 12.1. The first-order chi connectivity index (χ1) is 10.4. The summed E-state index contributed by atoms with van der Waals surface area (Å²) in [6.45, 7) is 3.72. The number of aliphatic hydroxyl groups is 1. The molecule has 4 nitrogen and oxygen atoms in total. The molecule has 1 N–H and O–H groups in total. The van der Waals surface area contributed by atoms with Crippen LogP contribution in [0.3, 0.4) is 0 Å². The Morgan fingerprint density at radius 1 is 1.45 bits per heavy atom. The fourth-order valence-electron chi connectivity index (χ4n) is 1.86. The molecule has 0 spiro atoms. The Morgan fingerprint density at radius 2 is 2.14 bits per heavy atom. The second-order valence-electron chi connectivity index (χ2n) is 5.10. The Balaban J connectivity index is 2.49. The zero-order valence-electron chi connectivity index (χ0n) is 12.4. The molecule has 1 aromatic rings. The topological polar surface area (TPSA) is 58.9 Å². The molecule has 1 aliphatic carbocycles. The maximum Gasteiger partial charge on any atom is 0.343 e. The Kier molecular flexibility index (Phi) is 5.48. The summed E-state index contributed by atoms with van der Waals surface area (Å²) in [5.74, 6) is -0.920. The first-order valence-electron chi connectivity index (χ1n) is 7.03. The molecule has 0 bridgehead atoms. The lowest BCUT2D eigenvalue weighted by atomic mass is 10.1. The average Bonchev–Trinajstić information content (AvgIpc) is 3.27. The lowest BCUT2D eigenvalue weighted by Gasteiger charge is -2.10. The van der Waals surface area contributed by atoms with E-state index in [0.29, 0.717) is 5.02 Å². The van der Waals surface area contributed by atoms with Gasteiger partial charge in [0, 0.05) is 11.8 Å². The minimum Gasteiger partial charge on any atom is -0.506 e. The second-order valence-corrected chi connectivity index (χ2v) is 5.89. The minimum absolute atomic E-state index is 0.0164. The Labute approximate surface area is 139 Å². The van der Waals surface area contributed by atoms with Gasteiger partial charge in [-0.3, -0.25) is 4.99 Å². The van der Waals surface area contributed by atoms with Gasteiger partial charge in [-0.15, -0.1) is 0 Å². The van der Waals surface area contributed by atoms with Crippen molar-refractivity contribution in [3.8, 4) is 0 Å². The molecule has 1 fully saturated rings. The van der Waals surface area contributed by atoms with Crippen LogP contribution in [0.15, 0.2) is 22.7 Å². The molecule has 6 heteroatoms. The lowest BCUT2D eigenvalue weighted by Crippen LogP contribution is -2.12. The molecule has 1 aliphatic rings. The van der Waals surface area contributed by atoms with Crippen molar-refractivity contribution in [2.75, 3.05) is 6.61 Å². The molecular weight excluding hydrogens is 325 g/mol. The molecule has 1 saturated carbocycles. The molecule has 0 unspecified atom stereocenters. The molecule has 118 valence electrons. The second kappa shape index (κ2) is 7.16. The number of aliphatic hydroxyl groups excluding tert-OH is 1. The van der Waals surface area contributed by atoms with E-state index in [9.17, 15) is 9.90 Å². The third kappa shape index (κ3) is 4.02. The molecule has 1 aromatic carbocycles. The van der Waals surface area contributed by atoms with Crippen LogP contribution in [0.1, 0.15) is 30.9 Å². The first-order valence-corrected chi connectivity index (χ1v) is 7.79. The van der Waals surface area contributed by atoms with Crippen molar-refractivity contribution in [1.82, 2.24) is 0 Å². The number of hydrogen-bond donors (Lipinski definition) is 1. The van der Waals surface area contributed by atoms with E-state index in [4.69, 9.17) is 27.9 Å². The van der Waals surface area contributed by atoms with Crippen molar-refractivity contribution in [1.29, 1.82) is 0 Å². The minimum atomic E-state index is -0.641. The van der Waals surface area contributed by atoms with Crippen molar-refractivity contribution in [3.05, 3.63) is 38.9 Å². The smallest absolute Gasteiger partial charge is 0.343 e. The van der Waals surface area contributed by atoms with Crippen molar-refractivity contribution < 1.29 is 14.6 Å². The fraction of sp³-hybridized carbons (Fsp3) is 0.375. The highest BCUT2D eigenvalue weighted by Crippen LogP contribution is 2.32. The van der Waals surface area contributed by atoms with E-state index in [1.165, 1.54) is 6.21 Å². The zero-order valence-corrected chi connectivity index (χ0v) is 13.9. The van der Waals surface area contributed by atoms with Crippen molar-refractivity contribution in [2.45, 2.75) is 32.7 Å². The predicted octanol–water partition coefficient (Wildman–Crippen LogP) is 4.37. The number of hydrogen-bond acceptors (Lipinski definition) is 4. The predicted molar refractivity (Wildman–Crippen MR) is 88.9 cm³/mol. The SMILES string of the molecule is CCOC(=O)C(C=NC1CC1)=C(O)c1cc(C)cc(Cl)c1Cl. The molecule has 2 rings (SSSR count). The van der Waals surface area contributed by atoms with Crippen molar-refractivity contribution in [3.63, 3.8) is 0 Å². The first kappa shape index (κ1) is 16.8. The molecule has 0 aromatic heterocycles. The van der Waals surface area contributed by atoms with E-state index >= 15 is 0 Å². The normalized spacial score (nSPS) is 15.8. The van der Waals surface area contributed by atoms with Gasteiger partial charge in [0.05, 0.1) is 22.7 Å². The van der Waals surface area contributed by atoms with Gasteiger partial charge in [-0.25, -0.2) is 4.79 Å². The van der Waals surface area contributed by atoms with E-state index in [1.807, 2.05) is 6.92 Å². The Bertz CT molecular complexity index is 649. The summed E-state index contributed by atoms with van der Waals surface area (Å²) in [5, 5.41) is 11.0. The van der Waals surface area contributed by atoms with Gasteiger partial charge in [0.15, 0.2) is 0 Å². The van der Waals surface area contributed by atoms with Gasteiger partial charge >= 0.3 is 5.97 Å². The van der Waals surface area contributed by atoms with E-state index in [0.717, 1.165) is 18.4 Å². The van der Waals surface area contributed by atoms with Crippen LogP contribution in [0.5, 0.6) is 0 Å². The van der Waals surface area contributed by atoms with Gasteiger partial charge < -0.3 is 9.84 Å². The van der Waals surface area contributed by atoms with E-state index in [1.54, 1.807) is 19.1 Å². The summed E-state index contributed by atoms with van der Waals surface area (Å²) in [6.07, 6.45) is 3.34. The molecule has 0 amide bonds. The Hall–Kier alpha value is -1.52. The van der Waals surface area contributed by atoms with Gasteiger partial charge in [-0.1, -0.05) is 23.2 Å². The molecule has 0 radical (unpaired) electrons. The Morgan fingerprint density at radius 3 is 2.73 bits per heavy atom. The molecule has 22 heavy (non-hydrogen) atoms. The number of rotatable bonds is 5. The number of halogens is 2. The molecule has 0 heterocycles. The summed E-state index contributed by atoms with van der Waals surface area (Å²) >= 11 is 12.2. The van der Waals surface area contributed by atoms with E-state index < -0.39 is 5.97 Å². The summed E-state index contributed by atoms with van der Waals surface area (Å²) < 4.78 is 4.98. The zero-order chi connectivity index (χ0) is 16.3. The summed E-state index contributed by atoms with van der Waals surface area (Å²) in [7, 11) is 0. The maximum atomic E-state index is 12.1. The van der Waals surface area contributed by atoms with Crippen LogP contribution in [-0.2, 0) is 9.53 Å². The summed E-state index contributed by atoms with van der Waals surface area (Å²) in [5.41, 5.74) is 1.09. The number of ether oxygens (including phenoxy) is 1. The fourth-order valence-corrected chi connectivity index (χ4v) is 2.34. The standard InChI is InChI=1S/C16H17Cl2NO3/c1-3-22-16(21)12(8-19-10-4-5-10)15(20)11-6-9(2)7-13(17)14(11)18/h6-8,10,20H,3-5H2,1-2H3. The quantitative estimate of drug-likeness (QED) is 0.374. The van der Waals surface area contributed by atoms with E-state index in [2.05, 4.69) is 4.99 Å². The highest BCUT2D eigenvalue weighted by Gasteiger charge is 2.23. The monoisotopic (exact) mass is 341 g/mol. The van der Waals surface area contributed by atoms with Crippen molar-refractivity contribution >= 4 is 41.1 Å². The number of benzene rings is 1. The number of esters is 1. The van der Waals surface area contributed by atoms with Gasteiger partial charge in [0.2, 0.25) is 0 Å². The average molecular weight is 342 g/mol. The number of carbonyl (C=O) groups is 1. The van der Waals surface area contributed by atoms with Gasteiger partial charge in [-0.05, 0) is 44.4 Å². The van der Waals surface area contributed by atoms with Crippen LogP contribution >= 0.6 is 23.2 Å². The van der Waals surface area contributed by atoms with Crippen LogP contribution in [0.4, 0.5) is 0 Å². The number of aliphatic imine (C=N–C) groups is 1. The largest absolute Gasteiger partial charge is 0.506 e. The van der Waals surface area contributed by atoms with Gasteiger partial charge in [0.1, 0.15) is 11.3 Å². The summed E-state index contributed by atoms with van der Waals surface area (Å²) in [4.78, 5) is 16.3. The number of carbonyl (C=O) groups excluding carboxylic acids is 1. The third-order valence-corrected chi connectivity index (χ3v) is 3.94. The lowest BCUT2D eigenvalue weighted by molar-refractivity contribution is -0.137. The molecular formula is C16H17Cl2NO3. The van der Waals surface area contributed by atoms with Crippen LogP contribution in [-0.4, -0.2) is 29.9 Å². The summed E-state index contributed by atoms with van der Waals surface area (Å²) in [6, 6.07) is 3.56. The van der Waals surface area contributed by atoms with Crippen molar-refractivity contribution in [2.24, 2.45) is 4.99 Å². The van der Waals surface area contributed by atoms with Crippen LogP contribution in [0.25, 0.3) is 5.76 Å². The number of aryl methyl sites for hydroxylation is 1. The van der Waals surface area contributed by atoms with E-state index in [-0.39, 0.29) is 34.6 Å². The van der Waals surface area contributed by atoms with Crippen LogP contribution < -0.4 is 0 Å². The third-order valence-electron chi connectivity index (χ3n) is 3.14. The van der Waals surface area contributed by atoms with Gasteiger partial charge in [0.25, 0.3) is 0 Å². The highest BCUT2D eigenvalue weighted by atomic mass is 35.5. The van der Waals surface area contributed by atoms with Crippen LogP contribution in [0, 0.1) is 6.92 Å².